The molecule has 0 radical (unpaired) electrons. The van der Waals surface area contributed by atoms with Crippen molar-refractivity contribution in [1.82, 2.24) is 0 Å². The highest BCUT2D eigenvalue weighted by Crippen LogP contribution is 2.27. The largest absolute Gasteiger partial charge is 0.481 e. The Kier molecular flexibility index (Phi) is 11.0. The van der Waals surface area contributed by atoms with E-state index in [1.807, 2.05) is 6.08 Å². The number of carboxylic acids is 1. The molecule has 0 unspecified atom stereocenters. The molecule has 0 amide bonds. The zero-order valence-electron chi connectivity index (χ0n) is 15.5. The Morgan fingerprint density at radius 1 is 1.19 bits per heavy atom. The van der Waals surface area contributed by atoms with Gasteiger partial charge in [-0.15, -0.1) is 0 Å². The van der Waals surface area contributed by atoms with Gasteiger partial charge < -0.3 is 10.2 Å². The lowest BCUT2D eigenvalue weighted by Gasteiger charge is -2.13. The number of rotatable bonds is 12. The Morgan fingerprint density at radius 3 is 2.69 bits per heavy atom. The fraction of sp³-hybridized carbons (Fsp3) is 0.455. The molecule has 0 saturated heterocycles. The highest BCUT2D eigenvalue weighted by Gasteiger charge is 2.26. The molecule has 1 aliphatic rings. The van der Waals surface area contributed by atoms with E-state index in [0.29, 0.717) is 12.8 Å². The first-order valence-corrected chi connectivity index (χ1v) is 9.29. The molecule has 3 atom stereocenters. The van der Waals surface area contributed by atoms with Crippen molar-refractivity contribution >= 4 is 11.8 Å². The van der Waals surface area contributed by atoms with Crippen LogP contribution in [0, 0.1) is 11.8 Å². The lowest BCUT2D eigenvalue weighted by Crippen LogP contribution is -2.14. The molecule has 0 aliphatic heterocycles. The van der Waals surface area contributed by atoms with E-state index >= 15 is 0 Å². The van der Waals surface area contributed by atoms with Gasteiger partial charge in [0, 0.05) is 12.3 Å². The van der Waals surface area contributed by atoms with E-state index in [1.54, 1.807) is 30.4 Å². The fourth-order valence-corrected chi connectivity index (χ4v) is 2.70. The zero-order chi connectivity index (χ0) is 19.2. The minimum absolute atomic E-state index is 0.0785. The lowest BCUT2D eigenvalue weighted by atomic mass is 9.91. The molecule has 4 nitrogen and oxygen atoms in total. The van der Waals surface area contributed by atoms with Gasteiger partial charge in [-0.2, -0.15) is 0 Å². The van der Waals surface area contributed by atoms with Crippen LogP contribution in [-0.2, 0) is 9.59 Å². The quantitative estimate of drug-likeness (QED) is 0.507. The maximum absolute atomic E-state index is 12.0. The smallest absolute Gasteiger partial charge is 0.303 e. The molecule has 0 aromatic rings. The minimum atomic E-state index is -0.830. The van der Waals surface area contributed by atoms with E-state index in [1.165, 1.54) is 0 Å². The van der Waals surface area contributed by atoms with Gasteiger partial charge in [0.2, 0.25) is 0 Å². The van der Waals surface area contributed by atoms with Crippen molar-refractivity contribution in [2.75, 3.05) is 0 Å². The molecular weight excluding hydrogens is 328 g/mol. The summed E-state index contributed by atoms with van der Waals surface area (Å²) in [7, 11) is 0. The molecule has 26 heavy (non-hydrogen) atoms. The molecule has 0 aromatic carbocycles. The second kappa shape index (κ2) is 13.1. The summed E-state index contributed by atoms with van der Waals surface area (Å²) in [5, 5.41) is 18.5. The number of allylic oxidation sites excluding steroid dienone is 8. The van der Waals surface area contributed by atoms with Gasteiger partial charge in [0.05, 0.1) is 6.10 Å². The van der Waals surface area contributed by atoms with Crippen molar-refractivity contribution in [2.45, 2.75) is 51.6 Å². The standard InChI is InChI=1S/C22H30O4/c1-2-3-4-5-6-8-11-18-14-17-21(24)20(18)16-15-19(23)12-9-7-10-13-22(25)26/h3-4,6-9,14-20,23H,2,5,10-13H2,1H3,(H,25,26)/b4-3-,8-6-,9-7-,16-15+/t18-,19+,20+/m0/s1. The summed E-state index contributed by atoms with van der Waals surface area (Å²) in [5.74, 6) is -0.821. The maximum Gasteiger partial charge on any atom is 0.303 e. The second-order valence-corrected chi connectivity index (χ2v) is 6.37. The van der Waals surface area contributed by atoms with E-state index in [-0.39, 0.29) is 24.0 Å². The van der Waals surface area contributed by atoms with Gasteiger partial charge in [0.25, 0.3) is 0 Å². The van der Waals surface area contributed by atoms with Crippen molar-refractivity contribution in [2.24, 2.45) is 11.8 Å². The van der Waals surface area contributed by atoms with E-state index in [2.05, 4.69) is 31.2 Å². The van der Waals surface area contributed by atoms with Gasteiger partial charge in [-0.25, -0.2) is 0 Å². The average Bonchev–Trinajstić information content (AvgIpc) is 2.95. The van der Waals surface area contributed by atoms with Crippen molar-refractivity contribution in [3.8, 4) is 0 Å². The van der Waals surface area contributed by atoms with Gasteiger partial charge in [0.15, 0.2) is 5.78 Å². The number of hydrogen-bond donors (Lipinski definition) is 2. The Balaban J connectivity index is 2.41. The van der Waals surface area contributed by atoms with Crippen LogP contribution in [-0.4, -0.2) is 28.1 Å². The normalized spacial score (nSPS) is 21.8. The molecule has 142 valence electrons. The monoisotopic (exact) mass is 358 g/mol. The van der Waals surface area contributed by atoms with Crippen LogP contribution < -0.4 is 0 Å². The first-order valence-electron chi connectivity index (χ1n) is 9.29. The van der Waals surface area contributed by atoms with Crippen LogP contribution in [0.15, 0.2) is 60.8 Å². The summed E-state index contributed by atoms with van der Waals surface area (Å²) in [4.78, 5) is 22.4. The Morgan fingerprint density at radius 2 is 1.96 bits per heavy atom. The van der Waals surface area contributed by atoms with Gasteiger partial charge in [-0.1, -0.05) is 61.6 Å². The van der Waals surface area contributed by atoms with E-state index in [9.17, 15) is 14.7 Å². The molecule has 2 N–H and O–H groups in total. The van der Waals surface area contributed by atoms with Crippen molar-refractivity contribution < 1.29 is 19.8 Å². The van der Waals surface area contributed by atoms with Crippen molar-refractivity contribution in [3.05, 3.63) is 60.8 Å². The van der Waals surface area contributed by atoms with Crippen LogP contribution in [0.3, 0.4) is 0 Å². The number of aliphatic hydroxyl groups excluding tert-OH is 1. The predicted molar refractivity (Wildman–Crippen MR) is 105 cm³/mol. The molecule has 0 heterocycles. The van der Waals surface area contributed by atoms with Gasteiger partial charge in [0.1, 0.15) is 0 Å². The van der Waals surface area contributed by atoms with Gasteiger partial charge in [-0.05, 0) is 44.1 Å². The van der Waals surface area contributed by atoms with Crippen LogP contribution >= 0.6 is 0 Å². The highest BCUT2D eigenvalue weighted by molar-refractivity contribution is 5.95. The van der Waals surface area contributed by atoms with Gasteiger partial charge >= 0.3 is 5.97 Å². The minimum Gasteiger partial charge on any atom is -0.481 e. The predicted octanol–water partition coefficient (Wildman–Crippen LogP) is 4.39. The average molecular weight is 358 g/mol. The molecule has 0 saturated carbocycles. The molecule has 1 aliphatic carbocycles. The Bertz CT molecular complexity index is 581. The summed E-state index contributed by atoms with van der Waals surface area (Å²) in [5.41, 5.74) is 0. The first-order chi connectivity index (χ1) is 12.5. The Labute approximate surface area is 156 Å². The third-order valence-electron chi connectivity index (χ3n) is 4.16. The highest BCUT2D eigenvalue weighted by atomic mass is 16.4. The number of aliphatic hydroxyl groups is 1. The number of carbonyl (C=O) groups excluding carboxylic acids is 1. The number of carboxylic acid groups (broad SMARTS) is 1. The van der Waals surface area contributed by atoms with Crippen LogP contribution in [0.25, 0.3) is 0 Å². The zero-order valence-corrected chi connectivity index (χ0v) is 15.5. The molecule has 0 aromatic heterocycles. The molecule has 0 fully saturated rings. The van der Waals surface area contributed by atoms with Crippen LogP contribution in [0.1, 0.15) is 45.4 Å². The van der Waals surface area contributed by atoms with Crippen LogP contribution in [0.5, 0.6) is 0 Å². The van der Waals surface area contributed by atoms with Crippen LogP contribution in [0.2, 0.25) is 0 Å². The fourth-order valence-electron chi connectivity index (χ4n) is 2.70. The third-order valence-corrected chi connectivity index (χ3v) is 4.16. The third kappa shape index (κ3) is 9.33. The lowest BCUT2D eigenvalue weighted by molar-refractivity contribution is -0.136. The molecule has 1 rings (SSSR count). The topological polar surface area (TPSA) is 74.6 Å². The van der Waals surface area contributed by atoms with Crippen LogP contribution in [0.4, 0.5) is 0 Å². The summed E-state index contributed by atoms with van der Waals surface area (Å²) < 4.78 is 0. The summed E-state index contributed by atoms with van der Waals surface area (Å²) in [6.45, 7) is 2.10. The summed E-state index contributed by atoms with van der Waals surface area (Å²) in [6.07, 6.45) is 22.1. The molecule has 4 heteroatoms. The number of carbonyl (C=O) groups is 2. The number of hydrogen-bond acceptors (Lipinski definition) is 3. The first kappa shape index (κ1) is 21.8. The molecule has 0 bridgehead atoms. The van der Waals surface area contributed by atoms with E-state index in [0.717, 1.165) is 19.3 Å². The van der Waals surface area contributed by atoms with Crippen molar-refractivity contribution in [3.63, 3.8) is 0 Å². The summed E-state index contributed by atoms with van der Waals surface area (Å²) in [6, 6.07) is 0. The molecular formula is C22H30O4. The Hall–Kier alpha value is -2.20. The van der Waals surface area contributed by atoms with E-state index in [4.69, 9.17) is 5.11 Å². The second-order valence-electron chi connectivity index (χ2n) is 6.37. The summed E-state index contributed by atoms with van der Waals surface area (Å²) >= 11 is 0. The molecule has 0 spiro atoms. The number of ketones is 1. The van der Waals surface area contributed by atoms with E-state index < -0.39 is 12.1 Å². The van der Waals surface area contributed by atoms with Gasteiger partial charge in [-0.3, -0.25) is 9.59 Å². The maximum atomic E-state index is 12.0. The van der Waals surface area contributed by atoms with Crippen molar-refractivity contribution in [1.29, 1.82) is 0 Å². The number of aliphatic carboxylic acids is 1. The SMILES string of the molecule is CC/C=C\C/C=C\C[C@H]1C=CC(=O)[C@@H]1/C=C/[C@H](O)C/C=C\CCC(=O)O.